The molecule has 1 heterocycles. The van der Waals surface area contributed by atoms with Crippen LogP contribution in [0.3, 0.4) is 0 Å². The van der Waals surface area contributed by atoms with Crippen molar-refractivity contribution in [1.29, 1.82) is 0 Å². The molecule has 0 saturated heterocycles. The quantitative estimate of drug-likeness (QED) is 0.762. The normalized spacial score (nSPS) is 10.3. The molecule has 0 atom stereocenters. The van der Waals surface area contributed by atoms with Crippen LogP contribution in [-0.2, 0) is 6.54 Å². The molecular weight excluding hydrogens is 354 g/mol. The van der Waals surface area contributed by atoms with E-state index in [-0.39, 0.29) is 5.91 Å². The van der Waals surface area contributed by atoms with Gasteiger partial charge in [-0.25, -0.2) is 9.97 Å². The van der Waals surface area contributed by atoms with Crippen LogP contribution in [-0.4, -0.2) is 15.9 Å². The molecule has 23 heavy (non-hydrogen) atoms. The Labute approximate surface area is 142 Å². The number of nitrogens with zero attached hydrogens (tertiary/aromatic N) is 2. The second-order valence-corrected chi connectivity index (χ2v) is 5.87. The van der Waals surface area contributed by atoms with Crippen molar-refractivity contribution in [1.82, 2.24) is 15.3 Å². The Hall–Kier alpha value is -2.53. The van der Waals surface area contributed by atoms with Crippen LogP contribution in [0.2, 0.25) is 0 Å². The van der Waals surface area contributed by atoms with Crippen molar-refractivity contribution in [3.8, 4) is 11.3 Å². The minimum Gasteiger partial charge on any atom is -0.346 e. The van der Waals surface area contributed by atoms with Crippen molar-refractivity contribution in [3.05, 3.63) is 82.7 Å². The minimum absolute atomic E-state index is 0.127. The zero-order valence-electron chi connectivity index (χ0n) is 12.2. The van der Waals surface area contributed by atoms with Gasteiger partial charge in [-0.3, -0.25) is 4.79 Å². The van der Waals surface area contributed by atoms with Gasteiger partial charge in [-0.1, -0.05) is 46.3 Å². The Bertz CT molecular complexity index is 804. The molecule has 0 radical (unpaired) electrons. The zero-order chi connectivity index (χ0) is 16.1. The lowest BCUT2D eigenvalue weighted by atomic mass is 10.1. The topological polar surface area (TPSA) is 54.9 Å². The van der Waals surface area contributed by atoms with E-state index in [4.69, 9.17) is 0 Å². The highest BCUT2D eigenvalue weighted by molar-refractivity contribution is 9.10. The molecule has 0 aliphatic carbocycles. The van der Waals surface area contributed by atoms with Crippen molar-refractivity contribution in [2.75, 3.05) is 0 Å². The summed E-state index contributed by atoms with van der Waals surface area (Å²) >= 11 is 3.35. The predicted molar refractivity (Wildman–Crippen MR) is 92.8 cm³/mol. The monoisotopic (exact) mass is 367 g/mol. The van der Waals surface area contributed by atoms with Crippen LogP contribution in [0, 0.1) is 0 Å². The van der Waals surface area contributed by atoms with E-state index >= 15 is 0 Å². The van der Waals surface area contributed by atoms with Gasteiger partial charge < -0.3 is 5.32 Å². The zero-order valence-corrected chi connectivity index (χ0v) is 13.8. The molecule has 114 valence electrons. The number of amides is 1. The average molecular weight is 368 g/mol. The van der Waals surface area contributed by atoms with E-state index in [9.17, 15) is 4.79 Å². The Morgan fingerprint density at radius 1 is 1.00 bits per heavy atom. The Morgan fingerprint density at radius 3 is 2.48 bits per heavy atom. The number of nitrogens with one attached hydrogen (secondary N) is 1. The van der Waals surface area contributed by atoms with Crippen molar-refractivity contribution >= 4 is 21.8 Å². The van der Waals surface area contributed by atoms with Gasteiger partial charge in [0.15, 0.2) is 0 Å². The predicted octanol–water partition coefficient (Wildman–Crippen LogP) is 3.84. The van der Waals surface area contributed by atoms with Crippen LogP contribution in [0.5, 0.6) is 0 Å². The summed E-state index contributed by atoms with van der Waals surface area (Å²) in [5.74, 6) is -0.127. The summed E-state index contributed by atoms with van der Waals surface area (Å²) in [5.41, 5.74) is 3.25. The summed E-state index contributed by atoms with van der Waals surface area (Å²) in [7, 11) is 0. The molecule has 1 N–H and O–H groups in total. The summed E-state index contributed by atoms with van der Waals surface area (Å²) < 4.78 is 0.942. The van der Waals surface area contributed by atoms with Crippen molar-refractivity contribution in [2.45, 2.75) is 6.54 Å². The van der Waals surface area contributed by atoms with Gasteiger partial charge in [0.1, 0.15) is 6.33 Å². The van der Waals surface area contributed by atoms with Crippen LogP contribution in [0.1, 0.15) is 16.1 Å². The van der Waals surface area contributed by atoms with Crippen LogP contribution in [0.25, 0.3) is 11.3 Å². The number of carbonyl (C=O) groups excluding carboxylic acids is 1. The van der Waals surface area contributed by atoms with Crippen LogP contribution >= 0.6 is 15.9 Å². The molecular formula is C18H14BrN3O. The lowest BCUT2D eigenvalue weighted by Gasteiger charge is -2.06. The van der Waals surface area contributed by atoms with Gasteiger partial charge in [-0.15, -0.1) is 0 Å². The second-order valence-electron chi connectivity index (χ2n) is 4.95. The van der Waals surface area contributed by atoms with Crippen molar-refractivity contribution < 1.29 is 4.79 Å². The maximum atomic E-state index is 12.1. The van der Waals surface area contributed by atoms with Gasteiger partial charge in [0.05, 0.1) is 17.9 Å². The van der Waals surface area contributed by atoms with E-state index in [1.807, 2.05) is 48.5 Å². The fraction of sp³-hybridized carbons (Fsp3) is 0.0556. The first-order chi connectivity index (χ1) is 11.2. The lowest BCUT2D eigenvalue weighted by molar-refractivity contribution is 0.0950. The largest absolute Gasteiger partial charge is 0.346 e. The van der Waals surface area contributed by atoms with E-state index in [0.717, 1.165) is 21.4 Å². The van der Waals surface area contributed by atoms with Crippen molar-refractivity contribution in [2.24, 2.45) is 0 Å². The third-order valence-corrected chi connectivity index (χ3v) is 3.86. The van der Waals surface area contributed by atoms with Gasteiger partial charge >= 0.3 is 0 Å². The number of carbonyl (C=O) groups is 1. The third kappa shape index (κ3) is 4.02. The molecule has 3 rings (SSSR count). The lowest BCUT2D eigenvalue weighted by Crippen LogP contribution is -2.23. The molecule has 4 nitrogen and oxygen atoms in total. The first-order valence-corrected chi connectivity index (χ1v) is 7.92. The molecule has 2 aromatic carbocycles. The van der Waals surface area contributed by atoms with Crippen LogP contribution < -0.4 is 5.32 Å². The fourth-order valence-corrected chi connectivity index (χ4v) is 2.40. The van der Waals surface area contributed by atoms with Crippen LogP contribution in [0.15, 0.2) is 71.5 Å². The number of rotatable bonds is 4. The smallest absolute Gasteiger partial charge is 0.251 e. The molecule has 5 heteroatoms. The summed E-state index contributed by atoms with van der Waals surface area (Å²) in [6.07, 6.45) is 1.52. The highest BCUT2D eigenvalue weighted by Gasteiger charge is 2.06. The SMILES string of the molecule is O=C(NCc1cc(-c2ccccc2)ncn1)c1ccc(Br)cc1. The standard InChI is InChI=1S/C18H14BrN3O/c19-15-8-6-14(7-9-15)18(23)20-11-16-10-17(22-12-21-16)13-4-2-1-3-5-13/h1-10,12H,11H2,(H,20,23). The van der Waals surface area contributed by atoms with E-state index in [0.29, 0.717) is 12.1 Å². The minimum atomic E-state index is -0.127. The van der Waals surface area contributed by atoms with Crippen molar-refractivity contribution in [3.63, 3.8) is 0 Å². The Balaban J connectivity index is 1.69. The van der Waals surface area contributed by atoms with E-state index in [1.54, 1.807) is 12.1 Å². The molecule has 0 saturated carbocycles. The molecule has 0 fully saturated rings. The first kappa shape index (κ1) is 15.4. The maximum Gasteiger partial charge on any atom is 0.251 e. The number of aromatic nitrogens is 2. The van der Waals surface area contributed by atoms with Crippen LogP contribution in [0.4, 0.5) is 0 Å². The molecule has 1 aromatic heterocycles. The van der Waals surface area contributed by atoms with Gasteiger partial charge in [-0.05, 0) is 30.3 Å². The number of halogens is 1. The number of hydrogen-bond donors (Lipinski definition) is 1. The van der Waals surface area contributed by atoms with E-state index < -0.39 is 0 Å². The molecule has 0 aliphatic rings. The summed E-state index contributed by atoms with van der Waals surface area (Å²) in [5, 5.41) is 2.87. The van der Waals surface area contributed by atoms with E-state index in [1.165, 1.54) is 6.33 Å². The summed E-state index contributed by atoms with van der Waals surface area (Å²) in [4.78, 5) is 20.6. The second kappa shape index (κ2) is 7.15. The van der Waals surface area contributed by atoms with Gasteiger partial charge in [-0.2, -0.15) is 0 Å². The van der Waals surface area contributed by atoms with E-state index in [2.05, 4.69) is 31.2 Å². The average Bonchev–Trinajstić information content (AvgIpc) is 2.61. The summed E-state index contributed by atoms with van der Waals surface area (Å²) in [6.45, 7) is 0.358. The molecule has 0 aliphatic heterocycles. The number of hydrogen-bond acceptors (Lipinski definition) is 3. The Morgan fingerprint density at radius 2 is 1.74 bits per heavy atom. The van der Waals surface area contributed by atoms with Gasteiger partial charge in [0.25, 0.3) is 5.91 Å². The fourth-order valence-electron chi connectivity index (χ4n) is 2.14. The molecule has 1 amide bonds. The third-order valence-electron chi connectivity index (χ3n) is 3.33. The van der Waals surface area contributed by atoms with Gasteiger partial charge in [0, 0.05) is 15.6 Å². The molecule has 0 spiro atoms. The maximum absolute atomic E-state index is 12.1. The highest BCUT2D eigenvalue weighted by Crippen LogP contribution is 2.16. The Kier molecular flexibility index (Phi) is 4.78. The van der Waals surface area contributed by atoms with Gasteiger partial charge in [0.2, 0.25) is 0 Å². The molecule has 0 bridgehead atoms. The number of benzene rings is 2. The first-order valence-electron chi connectivity index (χ1n) is 7.12. The molecule has 0 unspecified atom stereocenters. The summed E-state index contributed by atoms with van der Waals surface area (Å²) in [6, 6.07) is 19.0. The molecule has 3 aromatic rings. The highest BCUT2D eigenvalue weighted by atomic mass is 79.9.